The predicted octanol–water partition coefficient (Wildman–Crippen LogP) is 2.68. The van der Waals surface area contributed by atoms with Gasteiger partial charge >= 0.3 is 0 Å². The minimum atomic E-state index is 0.170. The molecule has 94 valence electrons. The van der Waals surface area contributed by atoms with Gasteiger partial charge < -0.3 is 4.90 Å². The van der Waals surface area contributed by atoms with E-state index in [0.717, 1.165) is 34.8 Å². The molecule has 1 fully saturated rings. The molecule has 2 rings (SSSR count). The number of hydrogen-bond acceptors (Lipinski definition) is 3. The molecule has 0 bridgehead atoms. The molecule has 17 heavy (non-hydrogen) atoms. The standard InChI is InChI=1S/C12H17BrN2OS/c1-3-14-6-7-15(8-9(14)2)12(16)10-4-5-11(13)17-10/h4-5,9H,3,6-8H2,1-2H3. The number of thiophene rings is 1. The van der Waals surface area contributed by atoms with Gasteiger partial charge in [-0.2, -0.15) is 0 Å². The molecule has 2 heterocycles. The van der Waals surface area contributed by atoms with E-state index in [0.29, 0.717) is 6.04 Å². The molecule has 0 spiro atoms. The second-order valence-corrected chi connectivity index (χ2v) is 6.80. The van der Waals surface area contributed by atoms with Crippen LogP contribution in [0.4, 0.5) is 0 Å². The fourth-order valence-electron chi connectivity index (χ4n) is 2.23. The maximum absolute atomic E-state index is 12.3. The van der Waals surface area contributed by atoms with Crippen LogP contribution in [-0.2, 0) is 0 Å². The van der Waals surface area contributed by atoms with E-state index >= 15 is 0 Å². The highest BCUT2D eigenvalue weighted by atomic mass is 79.9. The highest BCUT2D eigenvalue weighted by molar-refractivity contribution is 9.11. The zero-order valence-electron chi connectivity index (χ0n) is 10.1. The van der Waals surface area contributed by atoms with Crippen LogP contribution < -0.4 is 0 Å². The van der Waals surface area contributed by atoms with Crippen LogP contribution in [0.15, 0.2) is 15.9 Å². The van der Waals surface area contributed by atoms with Gasteiger partial charge in [-0.3, -0.25) is 9.69 Å². The maximum atomic E-state index is 12.3. The van der Waals surface area contributed by atoms with Crippen LogP contribution in [0.5, 0.6) is 0 Å². The lowest BCUT2D eigenvalue weighted by Crippen LogP contribution is -2.53. The van der Waals surface area contributed by atoms with Gasteiger partial charge in [0.05, 0.1) is 8.66 Å². The number of halogens is 1. The SMILES string of the molecule is CCN1CCN(C(=O)c2ccc(Br)s2)CC1C. The molecule has 1 aromatic heterocycles. The van der Waals surface area contributed by atoms with Crippen molar-refractivity contribution in [1.29, 1.82) is 0 Å². The summed E-state index contributed by atoms with van der Waals surface area (Å²) in [7, 11) is 0. The summed E-state index contributed by atoms with van der Waals surface area (Å²) in [5.74, 6) is 0.170. The van der Waals surface area contributed by atoms with Crippen molar-refractivity contribution < 1.29 is 4.79 Å². The molecule has 0 saturated carbocycles. The lowest BCUT2D eigenvalue weighted by Gasteiger charge is -2.39. The Morgan fingerprint density at radius 3 is 2.82 bits per heavy atom. The Kier molecular flexibility index (Phi) is 4.22. The number of nitrogens with zero attached hydrogens (tertiary/aromatic N) is 2. The molecule has 1 atom stereocenters. The van der Waals surface area contributed by atoms with Crippen molar-refractivity contribution in [3.63, 3.8) is 0 Å². The van der Waals surface area contributed by atoms with E-state index in [1.165, 1.54) is 11.3 Å². The van der Waals surface area contributed by atoms with Crippen molar-refractivity contribution in [2.45, 2.75) is 19.9 Å². The van der Waals surface area contributed by atoms with Crippen LogP contribution in [0, 0.1) is 0 Å². The smallest absolute Gasteiger partial charge is 0.264 e. The van der Waals surface area contributed by atoms with Gasteiger partial charge in [0.25, 0.3) is 5.91 Å². The Balaban J connectivity index is 2.02. The Labute approximate surface area is 115 Å². The normalized spacial score (nSPS) is 21.8. The fourth-order valence-corrected chi connectivity index (χ4v) is 3.59. The summed E-state index contributed by atoms with van der Waals surface area (Å²) in [6.45, 7) is 8.08. The molecule has 0 aromatic carbocycles. The van der Waals surface area contributed by atoms with E-state index in [9.17, 15) is 4.79 Å². The zero-order valence-corrected chi connectivity index (χ0v) is 12.6. The first-order valence-corrected chi connectivity index (χ1v) is 7.51. The van der Waals surface area contributed by atoms with E-state index in [1.807, 2.05) is 17.0 Å². The summed E-state index contributed by atoms with van der Waals surface area (Å²) >= 11 is 4.91. The molecular formula is C12H17BrN2OS. The molecule has 1 aliphatic heterocycles. The Hall–Kier alpha value is -0.390. The van der Waals surface area contributed by atoms with Gasteiger partial charge in [0.2, 0.25) is 0 Å². The van der Waals surface area contributed by atoms with Gasteiger partial charge in [-0.05, 0) is 41.5 Å². The van der Waals surface area contributed by atoms with Crippen molar-refractivity contribution in [2.24, 2.45) is 0 Å². The summed E-state index contributed by atoms with van der Waals surface area (Å²) in [6, 6.07) is 4.29. The van der Waals surface area contributed by atoms with Crippen LogP contribution in [0.3, 0.4) is 0 Å². The Morgan fingerprint density at radius 2 is 2.29 bits per heavy atom. The molecule has 1 saturated heterocycles. The number of carbonyl (C=O) groups is 1. The first kappa shape index (κ1) is 13.1. The van der Waals surface area contributed by atoms with Crippen molar-refractivity contribution >= 4 is 33.2 Å². The fraction of sp³-hybridized carbons (Fsp3) is 0.583. The maximum Gasteiger partial charge on any atom is 0.264 e. The molecule has 1 unspecified atom stereocenters. The van der Waals surface area contributed by atoms with Crippen LogP contribution >= 0.6 is 27.3 Å². The van der Waals surface area contributed by atoms with E-state index in [1.54, 1.807) is 0 Å². The molecule has 1 aromatic rings. The molecule has 1 aliphatic rings. The number of amides is 1. The van der Waals surface area contributed by atoms with Gasteiger partial charge in [0.15, 0.2) is 0 Å². The number of likely N-dealkylation sites (N-methyl/N-ethyl adjacent to an activating group) is 1. The molecular weight excluding hydrogens is 300 g/mol. The Bertz CT molecular complexity index is 407. The summed E-state index contributed by atoms with van der Waals surface area (Å²) < 4.78 is 1.01. The largest absolute Gasteiger partial charge is 0.335 e. The van der Waals surface area contributed by atoms with Crippen LogP contribution in [0.1, 0.15) is 23.5 Å². The number of piperazine rings is 1. The predicted molar refractivity (Wildman–Crippen MR) is 74.6 cm³/mol. The molecule has 5 heteroatoms. The minimum absolute atomic E-state index is 0.170. The first-order valence-electron chi connectivity index (χ1n) is 5.90. The van der Waals surface area contributed by atoms with E-state index in [-0.39, 0.29) is 5.91 Å². The quantitative estimate of drug-likeness (QED) is 0.837. The number of hydrogen-bond donors (Lipinski definition) is 0. The molecule has 3 nitrogen and oxygen atoms in total. The molecule has 0 N–H and O–H groups in total. The third-order valence-corrected chi connectivity index (χ3v) is 4.85. The van der Waals surface area contributed by atoms with E-state index in [4.69, 9.17) is 0 Å². The molecule has 0 aliphatic carbocycles. The van der Waals surface area contributed by atoms with Gasteiger partial charge in [-0.15, -0.1) is 11.3 Å². The second-order valence-electron chi connectivity index (χ2n) is 4.33. The van der Waals surface area contributed by atoms with Gasteiger partial charge in [0.1, 0.15) is 0 Å². The summed E-state index contributed by atoms with van der Waals surface area (Å²) in [4.78, 5) is 17.5. The molecule has 1 amide bonds. The van der Waals surface area contributed by atoms with E-state index < -0.39 is 0 Å². The number of carbonyl (C=O) groups excluding carboxylic acids is 1. The third kappa shape index (κ3) is 2.89. The second kappa shape index (κ2) is 5.50. The number of rotatable bonds is 2. The monoisotopic (exact) mass is 316 g/mol. The minimum Gasteiger partial charge on any atom is -0.335 e. The highest BCUT2D eigenvalue weighted by Crippen LogP contribution is 2.24. The van der Waals surface area contributed by atoms with Gasteiger partial charge in [0, 0.05) is 25.7 Å². The molecule has 0 radical (unpaired) electrons. The van der Waals surface area contributed by atoms with Crippen molar-refractivity contribution in [3.8, 4) is 0 Å². The topological polar surface area (TPSA) is 23.6 Å². The van der Waals surface area contributed by atoms with Crippen molar-refractivity contribution in [1.82, 2.24) is 9.80 Å². The van der Waals surface area contributed by atoms with Crippen LogP contribution in [0.25, 0.3) is 0 Å². The summed E-state index contributed by atoms with van der Waals surface area (Å²) in [5.41, 5.74) is 0. The van der Waals surface area contributed by atoms with Crippen molar-refractivity contribution in [2.75, 3.05) is 26.2 Å². The Morgan fingerprint density at radius 1 is 1.53 bits per heavy atom. The lowest BCUT2D eigenvalue weighted by atomic mass is 10.2. The average Bonchev–Trinajstić information content (AvgIpc) is 2.75. The van der Waals surface area contributed by atoms with Gasteiger partial charge in [-0.1, -0.05) is 6.92 Å². The third-order valence-electron chi connectivity index (χ3n) is 3.24. The lowest BCUT2D eigenvalue weighted by molar-refractivity contribution is 0.0533. The van der Waals surface area contributed by atoms with E-state index in [2.05, 4.69) is 34.7 Å². The van der Waals surface area contributed by atoms with Gasteiger partial charge in [-0.25, -0.2) is 0 Å². The van der Waals surface area contributed by atoms with Crippen LogP contribution in [-0.4, -0.2) is 47.9 Å². The van der Waals surface area contributed by atoms with Crippen LogP contribution in [0.2, 0.25) is 0 Å². The summed E-state index contributed by atoms with van der Waals surface area (Å²) in [6.07, 6.45) is 0. The zero-order chi connectivity index (χ0) is 12.4. The highest BCUT2D eigenvalue weighted by Gasteiger charge is 2.26. The first-order chi connectivity index (χ1) is 8.11. The summed E-state index contributed by atoms with van der Waals surface area (Å²) in [5, 5.41) is 0. The van der Waals surface area contributed by atoms with Crippen molar-refractivity contribution in [3.05, 3.63) is 20.8 Å². The average molecular weight is 317 g/mol.